The van der Waals surface area contributed by atoms with Crippen molar-refractivity contribution in [1.29, 1.82) is 0 Å². The number of anilines is 1. The molecule has 1 aliphatic heterocycles. The number of hydrogen-bond acceptors (Lipinski definition) is 6. The molecule has 10 heteroatoms. The van der Waals surface area contributed by atoms with E-state index in [-0.39, 0.29) is 4.90 Å². The van der Waals surface area contributed by atoms with Crippen LogP contribution in [0.25, 0.3) is 0 Å². The van der Waals surface area contributed by atoms with Crippen molar-refractivity contribution in [2.45, 2.75) is 49.0 Å². The molecule has 1 aliphatic carbocycles. The highest BCUT2D eigenvalue weighted by molar-refractivity contribution is 7.89. The Labute approximate surface area is 204 Å². The number of carbonyl (C=O) groups excluding carboxylic acids is 2. The molecule has 1 N–H and O–H groups in total. The molecule has 1 atom stereocenters. The van der Waals surface area contributed by atoms with E-state index < -0.39 is 39.2 Å². The molecule has 2 aromatic carbocycles. The molecule has 4 rings (SSSR count). The Morgan fingerprint density at radius 2 is 1.74 bits per heavy atom. The summed E-state index contributed by atoms with van der Waals surface area (Å²) in [6.07, 6.45) is 1.59. The molecule has 1 amide bonds. The molecule has 0 bridgehead atoms. The summed E-state index contributed by atoms with van der Waals surface area (Å²) in [5, 5.41) is 2.65. The minimum atomic E-state index is -3.64. The van der Waals surface area contributed by atoms with Crippen molar-refractivity contribution < 1.29 is 31.9 Å². The number of ether oxygens (including phenoxy) is 2. The maximum absolute atomic E-state index is 13.8. The molecule has 188 valence electrons. The van der Waals surface area contributed by atoms with Crippen molar-refractivity contribution >= 4 is 27.6 Å². The van der Waals surface area contributed by atoms with Crippen LogP contribution in [0.4, 0.5) is 10.1 Å². The molecule has 35 heavy (non-hydrogen) atoms. The van der Waals surface area contributed by atoms with Crippen molar-refractivity contribution in [2.75, 3.05) is 31.6 Å². The predicted molar refractivity (Wildman–Crippen MR) is 127 cm³/mol. The highest BCUT2D eigenvalue weighted by Crippen LogP contribution is 2.42. The zero-order chi connectivity index (χ0) is 25.1. The topological polar surface area (TPSA) is 102 Å². The van der Waals surface area contributed by atoms with Gasteiger partial charge in [0, 0.05) is 18.8 Å². The quantitative estimate of drug-likeness (QED) is 0.581. The van der Waals surface area contributed by atoms with Gasteiger partial charge in [0.25, 0.3) is 5.91 Å². The van der Waals surface area contributed by atoms with Crippen LogP contribution < -0.4 is 5.32 Å². The molecule has 0 spiro atoms. The Morgan fingerprint density at radius 3 is 2.37 bits per heavy atom. The molecule has 0 aromatic heterocycles. The Balaban J connectivity index is 1.40. The SMILES string of the molecule is C[C@H](OC(=O)C1(c2cccc(F)c2)CCCC1)C(=O)Nc1ccc(S(=O)(=O)N2CCOCC2)cc1. The van der Waals surface area contributed by atoms with Crippen molar-refractivity contribution in [3.63, 3.8) is 0 Å². The molecular weight excluding hydrogens is 475 g/mol. The number of morpholine rings is 1. The molecule has 0 unspecified atom stereocenters. The largest absolute Gasteiger partial charge is 0.452 e. The average Bonchev–Trinajstić information content (AvgIpc) is 3.36. The molecule has 2 fully saturated rings. The van der Waals surface area contributed by atoms with E-state index in [1.807, 2.05) is 0 Å². The second-order valence-electron chi connectivity index (χ2n) is 8.88. The van der Waals surface area contributed by atoms with E-state index in [9.17, 15) is 22.4 Å². The number of nitrogens with zero attached hydrogens (tertiary/aromatic N) is 1. The van der Waals surface area contributed by atoms with E-state index in [4.69, 9.17) is 9.47 Å². The summed E-state index contributed by atoms with van der Waals surface area (Å²) in [5.74, 6) is -1.52. The van der Waals surface area contributed by atoms with Crippen LogP contribution in [0.2, 0.25) is 0 Å². The number of benzene rings is 2. The summed E-state index contributed by atoms with van der Waals surface area (Å²) >= 11 is 0. The number of hydrogen-bond donors (Lipinski definition) is 1. The van der Waals surface area contributed by atoms with Gasteiger partial charge in [0.2, 0.25) is 10.0 Å². The molecule has 8 nitrogen and oxygen atoms in total. The molecule has 1 heterocycles. The number of sulfonamides is 1. The predicted octanol–water partition coefficient (Wildman–Crippen LogP) is 3.23. The van der Waals surface area contributed by atoms with Gasteiger partial charge in [0.1, 0.15) is 5.82 Å². The van der Waals surface area contributed by atoms with Crippen molar-refractivity contribution in [1.82, 2.24) is 4.31 Å². The highest BCUT2D eigenvalue weighted by atomic mass is 32.2. The second-order valence-corrected chi connectivity index (χ2v) is 10.8. The normalized spacial score (nSPS) is 19.1. The van der Waals surface area contributed by atoms with Crippen molar-refractivity contribution in [3.8, 4) is 0 Å². The fraction of sp³-hybridized carbons (Fsp3) is 0.440. The number of carbonyl (C=O) groups is 2. The van der Waals surface area contributed by atoms with E-state index in [1.54, 1.807) is 12.1 Å². The lowest BCUT2D eigenvalue weighted by molar-refractivity contribution is -0.159. The van der Waals surface area contributed by atoms with Gasteiger partial charge in [-0.2, -0.15) is 4.31 Å². The second kappa shape index (κ2) is 10.4. The standard InChI is InChI=1S/C25H29FN2O6S/c1-18(34-24(30)25(11-2-3-12-25)19-5-4-6-20(26)17-19)23(29)27-21-7-9-22(10-8-21)35(31,32)28-13-15-33-16-14-28/h4-10,17-18H,2-3,11-16H2,1H3,(H,27,29)/t18-/m0/s1. The van der Waals surface area contributed by atoms with E-state index in [0.29, 0.717) is 50.4 Å². The lowest BCUT2D eigenvalue weighted by Crippen LogP contribution is -2.40. The maximum Gasteiger partial charge on any atom is 0.317 e. The monoisotopic (exact) mass is 504 g/mol. The van der Waals surface area contributed by atoms with Crippen LogP contribution in [-0.4, -0.2) is 57.0 Å². The number of rotatable bonds is 7. The Morgan fingerprint density at radius 1 is 1.09 bits per heavy atom. The van der Waals surface area contributed by atoms with Crippen LogP contribution in [0.1, 0.15) is 38.2 Å². The van der Waals surface area contributed by atoms with Crippen molar-refractivity contribution in [2.24, 2.45) is 0 Å². The molecular formula is C25H29FN2O6S. The van der Waals surface area contributed by atoms with Crippen LogP contribution in [-0.2, 0) is 34.5 Å². The summed E-state index contributed by atoms with van der Waals surface area (Å²) in [7, 11) is -3.64. The zero-order valence-corrected chi connectivity index (χ0v) is 20.4. The summed E-state index contributed by atoms with van der Waals surface area (Å²) in [6, 6.07) is 11.8. The summed E-state index contributed by atoms with van der Waals surface area (Å²) in [5.41, 5.74) is -0.0317. The van der Waals surface area contributed by atoms with Gasteiger partial charge in [-0.1, -0.05) is 25.0 Å². The third-order valence-corrected chi connectivity index (χ3v) is 8.52. The number of esters is 1. The lowest BCUT2D eigenvalue weighted by atomic mass is 9.79. The third kappa shape index (κ3) is 5.39. The van der Waals surface area contributed by atoms with Gasteiger partial charge in [0.15, 0.2) is 6.10 Å². The average molecular weight is 505 g/mol. The smallest absolute Gasteiger partial charge is 0.317 e. The van der Waals surface area contributed by atoms with E-state index in [0.717, 1.165) is 12.8 Å². The van der Waals surface area contributed by atoms with E-state index >= 15 is 0 Å². The minimum Gasteiger partial charge on any atom is -0.452 e. The Kier molecular flexibility index (Phi) is 7.53. The highest BCUT2D eigenvalue weighted by Gasteiger charge is 2.45. The first-order valence-corrected chi connectivity index (χ1v) is 13.1. The fourth-order valence-corrected chi connectivity index (χ4v) is 6.00. The number of amides is 1. The number of nitrogens with one attached hydrogen (secondary N) is 1. The molecule has 1 saturated carbocycles. The van der Waals surface area contributed by atoms with Gasteiger partial charge in [-0.25, -0.2) is 12.8 Å². The van der Waals surface area contributed by atoms with Crippen LogP contribution >= 0.6 is 0 Å². The first-order chi connectivity index (χ1) is 16.7. The molecule has 0 radical (unpaired) electrons. The van der Waals surface area contributed by atoms with Crippen LogP contribution in [0.15, 0.2) is 53.4 Å². The van der Waals surface area contributed by atoms with Gasteiger partial charge in [-0.15, -0.1) is 0 Å². The van der Waals surface area contributed by atoms with Gasteiger partial charge >= 0.3 is 5.97 Å². The maximum atomic E-state index is 13.8. The van der Waals surface area contributed by atoms with Crippen LogP contribution in [0.5, 0.6) is 0 Å². The Bertz CT molecular complexity index is 1170. The van der Waals surface area contributed by atoms with Crippen molar-refractivity contribution in [3.05, 3.63) is 59.9 Å². The molecule has 1 saturated heterocycles. The van der Waals surface area contributed by atoms with E-state index in [1.165, 1.54) is 47.6 Å². The van der Waals surface area contributed by atoms with Crippen LogP contribution in [0, 0.1) is 5.82 Å². The third-order valence-electron chi connectivity index (χ3n) is 6.61. The molecule has 2 aromatic rings. The van der Waals surface area contributed by atoms with Gasteiger partial charge < -0.3 is 14.8 Å². The lowest BCUT2D eigenvalue weighted by Gasteiger charge is -2.28. The van der Waals surface area contributed by atoms with Gasteiger partial charge in [0.05, 0.1) is 23.5 Å². The summed E-state index contributed by atoms with van der Waals surface area (Å²) in [4.78, 5) is 26.0. The fourth-order valence-electron chi connectivity index (χ4n) is 4.59. The Hall–Kier alpha value is -2.82. The van der Waals surface area contributed by atoms with E-state index in [2.05, 4.69) is 5.32 Å². The van der Waals surface area contributed by atoms with Gasteiger partial charge in [-0.3, -0.25) is 9.59 Å². The summed E-state index contributed by atoms with van der Waals surface area (Å²) in [6.45, 7) is 2.76. The summed E-state index contributed by atoms with van der Waals surface area (Å²) < 4.78 is 51.4. The van der Waals surface area contributed by atoms with Gasteiger partial charge in [-0.05, 0) is 61.7 Å². The molecule has 2 aliphatic rings. The minimum absolute atomic E-state index is 0.121. The zero-order valence-electron chi connectivity index (χ0n) is 19.5. The number of halogens is 1. The van der Waals surface area contributed by atoms with Crippen LogP contribution in [0.3, 0.4) is 0 Å². The first kappa shape index (κ1) is 25.3. The first-order valence-electron chi connectivity index (χ1n) is 11.7.